The van der Waals surface area contributed by atoms with Crippen molar-refractivity contribution < 1.29 is 20.8 Å². The molecule has 0 fully saturated rings. The van der Waals surface area contributed by atoms with Crippen LogP contribution in [-0.4, -0.2) is 28.6 Å². The molecule has 0 amide bonds. The van der Waals surface area contributed by atoms with E-state index in [4.69, 9.17) is 25.0 Å². The summed E-state index contributed by atoms with van der Waals surface area (Å²) in [6, 6.07) is 32.0. The van der Waals surface area contributed by atoms with E-state index in [1.54, 1.807) is 0 Å². The number of aryl methyl sites for hydroxylation is 6. The van der Waals surface area contributed by atoms with E-state index < -0.39 is 37.3 Å². The molecule has 0 heterocycles. The Balaban J connectivity index is 0.000000227. The molecule has 0 unspecified atom stereocenters. The van der Waals surface area contributed by atoms with Crippen molar-refractivity contribution in [2.24, 2.45) is 0 Å². The number of fused-ring (bicyclic) bond motifs is 2. The average Bonchev–Trinajstić information content (AvgIpc) is 3.72. The van der Waals surface area contributed by atoms with Gasteiger partial charge in [0.2, 0.25) is 0 Å². The van der Waals surface area contributed by atoms with Crippen molar-refractivity contribution >= 4 is 63.0 Å². The van der Waals surface area contributed by atoms with Gasteiger partial charge in [0, 0.05) is 0 Å². The molecule has 0 bridgehead atoms. The standard InChI is InChI=1S/2C21H23.C6H18BNSi2.2ClH.Zr/c2*1-5-7-17-12-18-8-6-9-19(21(18)13-17)20-11-14(2)10-15(3)16(20)4;1-9(2,3)8(7)10(4,5)6;;;/h2*6,8-13H,5,7H2,1-4H3;1-6H3;2*1H;/q2*-1;;;;+4/p-2. The minimum absolute atomic E-state index is 0.826. The quantitative estimate of drug-likeness (QED) is 0.109. The van der Waals surface area contributed by atoms with Gasteiger partial charge in [-0.1, -0.05) is 125 Å². The van der Waals surface area contributed by atoms with Gasteiger partial charge in [-0.3, -0.25) is 0 Å². The summed E-state index contributed by atoms with van der Waals surface area (Å²) in [5.74, 6) is 0. The van der Waals surface area contributed by atoms with Crippen molar-refractivity contribution in [3.05, 3.63) is 129 Å². The molecule has 0 spiro atoms. The molecule has 0 aliphatic carbocycles. The molecule has 6 aromatic rings. The first-order valence-corrected chi connectivity index (χ1v) is 33.0. The number of rotatable bonds is 8. The van der Waals surface area contributed by atoms with E-state index in [2.05, 4.69) is 184 Å². The zero-order valence-electron chi connectivity index (χ0n) is 36.2. The van der Waals surface area contributed by atoms with Crippen LogP contribution < -0.4 is 0 Å². The van der Waals surface area contributed by atoms with Gasteiger partial charge in [-0.25, -0.2) is 0 Å². The van der Waals surface area contributed by atoms with Gasteiger partial charge in [0.25, 0.3) is 0 Å². The third kappa shape index (κ3) is 13.0. The third-order valence-corrected chi connectivity index (χ3v) is 17.3. The molecule has 6 rings (SSSR count). The number of halogens is 2. The Hall–Kier alpha value is -1.98. The summed E-state index contributed by atoms with van der Waals surface area (Å²) in [6.45, 7) is 31.4. The maximum absolute atomic E-state index is 5.98. The van der Waals surface area contributed by atoms with Crippen molar-refractivity contribution in [2.45, 2.75) is 120 Å². The zero-order chi connectivity index (χ0) is 41.2. The summed E-state index contributed by atoms with van der Waals surface area (Å²) in [4.78, 5) is 0. The predicted molar refractivity (Wildman–Crippen MR) is 252 cm³/mol. The monoisotopic (exact) mass is 881 g/mol. The Bertz CT molecular complexity index is 2000. The van der Waals surface area contributed by atoms with Gasteiger partial charge in [0.15, 0.2) is 7.98 Å². The number of hydrogen-bond acceptors (Lipinski definition) is 1. The Morgan fingerprint density at radius 1 is 0.564 bits per heavy atom. The van der Waals surface area contributed by atoms with Crippen LogP contribution in [-0.2, 0) is 33.7 Å². The Labute approximate surface area is 357 Å². The molecule has 2 radical (unpaired) electrons. The molecule has 0 aromatic heterocycles. The second-order valence-electron chi connectivity index (χ2n) is 17.1. The van der Waals surface area contributed by atoms with Crippen LogP contribution in [0, 0.1) is 41.5 Å². The minimum atomic E-state index is -1.22. The number of hydrogen-bond donors (Lipinski definition) is 0. The van der Waals surface area contributed by atoms with Crippen molar-refractivity contribution in [1.82, 2.24) is 4.14 Å². The average molecular weight is 884 g/mol. The van der Waals surface area contributed by atoms with Crippen molar-refractivity contribution in [3.8, 4) is 22.3 Å². The topological polar surface area (TPSA) is 3.24 Å². The van der Waals surface area contributed by atoms with Crippen molar-refractivity contribution in [2.75, 3.05) is 0 Å². The van der Waals surface area contributed by atoms with E-state index in [0.29, 0.717) is 0 Å². The summed E-state index contributed by atoms with van der Waals surface area (Å²) in [7, 11) is 13.4. The summed E-state index contributed by atoms with van der Waals surface area (Å²) in [6.07, 6.45) is 4.74. The van der Waals surface area contributed by atoms with Crippen LogP contribution in [0.15, 0.2) is 84.9 Å². The molecule has 0 N–H and O–H groups in total. The molecule has 7 heteroatoms. The molecule has 0 saturated heterocycles. The second-order valence-corrected chi connectivity index (χ2v) is 31.0. The molecule has 0 saturated carbocycles. The molecule has 0 atom stereocenters. The molecular formula is C48H64BCl2NSi2Zr. The van der Waals surface area contributed by atoms with Crippen LogP contribution in [0.25, 0.3) is 43.8 Å². The maximum atomic E-state index is 5.98. The Kier molecular flexibility index (Phi) is 18.2. The Morgan fingerprint density at radius 2 is 0.909 bits per heavy atom. The fraction of sp³-hybridized carbons (Fsp3) is 0.375. The number of nitrogens with zero attached hydrogens (tertiary/aromatic N) is 1. The second kappa shape index (κ2) is 21.1. The molecule has 0 aliphatic heterocycles. The third-order valence-electron chi connectivity index (χ3n) is 10.3. The van der Waals surface area contributed by atoms with E-state index >= 15 is 0 Å². The molecule has 1 nitrogen and oxygen atoms in total. The normalized spacial score (nSPS) is 11.4. The van der Waals surface area contributed by atoms with Crippen LogP contribution in [0.1, 0.15) is 71.2 Å². The fourth-order valence-electron chi connectivity index (χ4n) is 7.57. The molecule has 55 heavy (non-hydrogen) atoms. The van der Waals surface area contributed by atoms with Crippen LogP contribution in [0.2, 0.25) is 39.3 Å². The van der Waals surface area contributed by atoms with Crippen LogP contribution >= 0.6 is 17.0 Å². The van der Waals surface area contributed by atoms with Gasteiger partial charge >= 0.3 is 37.9 Å². The van der Waals surface area contributed by atoms with Gasteiger partial charge in [-0.2, -0.15) is 12.1 Å². The fourth-order valence-corrected chi connectivity index (χ4v) is 15.6. The molecule has 6 aromatic carbocycles. The van der Waals surface area contributed by atoms with Gasteiger partial charge < -0.3 is 4.14 Å². The first-order valence-electron chi connectivity index (χ1n) is 19.8. The summed E-state index contributed by atoms with van der Waals surface area (Å²) >= 11 is -0.826. The predicted octanol–water partition coefficient (Wildman–Crippen LogP) is 15.6. The summed E-state index contributed by atoms with van der Waals surface area (Å²) in [5, 5.41) is 5.53. The number of benzene rings is 4. The molecule has 0 aliphatic rings. The van der Waals surface area contributed by atoms with Gasteiger partial charge in [-0.15, -0.1) is 69.1 Å². The van der Waals surface area contributed by atoms with Crippen LogP contribution in [0.4, 0.5) is 0 Å². The first-order chi connectivity index (χ1) is 25.8. The van der Waals surface area contributed by atoms with E-state index in [1.807, 2.05) is 0 Å². The van der Waals surface area contributed by atoms with Gasteiger partial charge in [0.1, 0.15) is 16.5 Å². The first kappa shape index (κ1) is 47.4. The van der Waals surface area contributed by atoms with Gasteiger partial charge in [-0.05, 0) is 87.8 Å². The van der Waals surface area contributed by atoms with Crippen molar-refractivity contribution in [1.29, 1.82) is 0 Å². The summed E-state index contributed by atoms with van der Waals surface area (Å²) in [5.41, 5.74) is 16.7. The van der Waals surface area contributed by atoms with E-state index in [0.717, 1.165) is 0 Å². The Morgan fingerprint density at radius 3 is 1.20 bits per heavy atom. The van der Waals surface area contributed by atoms with E-state index in [9.17, 15) is 0 Å². The summed E-state index contributed by atoms with van der Waals surface area (Å²) < 4.78 is 2.15. The van der Waals surface area contributed by atoms with Crippen LogP contribution in [0.3, 0.4) is 0 Å². The SMILES string of the molecule is CCCc1cc2c(-c3cc(C)cc(C)c3C)cccc2[cH-]1.CCCc1cc2c(-c3cc(C)cc(C)c3C)cccc2[cH-]1.[B]N([Si](C)(C)C)[Si](C)(C)C.[Cl][Zr+2][Cl]. The molecule has 290 valence electrons. The molecular weight excluding hydrogens is 820 g/mol. The van der Waals surface area contributed by atoms with E-state index in [1.165, 1.54) is 114 Å². The zero-order valence-corrected chi connectivity index (χ0v) is 42.2. The van der Waals surface area contributed by atoms with Gasteiger partial charge in [0.05, 0.1) is 0 Å². The van der Waals surface area contributed by atoms with E-state index in [-0.39, 0.29) is 0 Å². The van der Waals surface area contributed by atoms with Crippen LogP contribution in [0.5, 0.6) is 0 Å². The van der Waals surface area contributed by atoms with Crippen molar-refractivity contribution in [3.63, 3.8) is 0 Å².